The summed E-state index contributed by atoms with van der Waals surface area (Å²) >= 11 is 0. The summed E-state index contributed by atoms with van der Waals surface area (Å²) in [6, 6.07) is 5.03. The molecular formula is C20H31N3O4. The first kappa shape index (κ1) is 21.0. The zero-order chi connectivity index (χ0) is 20.0. The van der Waals surface area contributed by atoms with Crippen molar-refractivity contribution in [1.29, 1.82) is 0 Å². The Morgan fingerprint density at radius 1 is 1.30 bits per heavy atom. The molecule has 1 aromatic rings. The molecule has 0 saturated carbocycles. The Hall–Kier alpha value is -2.28. The molecule has 0 radical (unpaired) electrons. The fourth-order valence-corrected chi connectivity index (χ4v) is 3.22. The molecule has 1 fully saturated rings. The van der Waals surface area contributed by atoms with E-state index in [0.717, 1.165) is 18.7 Å². The van der Waals surface area contributed by atoms with Crippen LogP contribution >= 0.6 is 0 Å². The van der Waals surface area contributed by atoms with E-state index in [-0.39, 0.29) is 23.7 Å². The molecule has 0 aliphatic carbocycles. The second-order valence-corrected chi connectivity index (χ2v) is 8.00. The molecule has 0 aromatic heterocycles. The number of ether oxygens (including phenoxy) is 2. The average molecular weight is 377 g/mol. The maximum Gasteiger partial charge on any atom is 0.237 e. The van der Waals surface area contributed by atoms with Gasteiger partial charge in [-0.05, 0) is 17.5 Å². The van der Waals surface area contributed by atoms with Gasteiger partial charge < -0.3 is 20.1 Å². The monoisotopic (exact) mass is 377 g/mol. The van der Waals surface area contributed by atoms with E-state index in [0.29, 0.717) is 24.6 Å². The highest BCUT2D eigenvalue weighted by atomic mass is 16.5. The number of nitrogens with one attached hydrogen (secondary N) is 2. The third-order valence-electron chi connectivity index (χ3n) is 4.47. The number of hydrogen-bond acceptors (Lipinski definition) is 5. The lowest BCUT2D eigenvalue weighted by molar-refractivity contribution is -0.134. The van der Waals surface area contributed by atoms with Gasteiger partial charge in [-0.15, -0.1) is 0 Å². The molecule has 2 amide bonds. The maximum absolute atomic E-state index is 12.5. The minimum absolute atomic E-state index is 0.0583. The Bertz CT molecular complexity index is 670. The van der Waals surface area contributed by atoms with E-state index in [2.05, 4.69) is 36.3 Å². The van der Waals surface area contributed by atoms with Crippen molar-refractivity contribution in [3.63, 3.8) is 0 Å². The highest BCUT2D eigenvalue weighted by Gasteiger charge is 2.33. The van der Waals surface area contributed by atoms with E-state index in [1.54, 1.807) is 20.3 Å². The number of carbonyl (C=O) groups is 2. The van der Waals surface area contributed by atoms with E-state index < -0.39 is 6.04 Å². The lowest BCUT2D eigenvalue weighted by Gasteiger charge is -2.38. The molecule has 0 bridgehead atoms. The quantitative estimate of drug-likeness (QED) is 0.754. The third-order valence-corrected chi connectivity index (χ3v) is 4.47. The van der Waals surface area contributed by atoms with Gasteiger partial charge in [0.25, 0.3) is 0 Å². The molecule has 27 heavy (non-hydrogen) atoms. The summed E-state index contributed by atoms with van der Waals surface area (Å²) in [6.07, 6.45) is 0.139. The number of carbonyl (C=O) groups excluding carboxylic acids is 2. The average Bonchev–Trinajstić information content (AvgIpc) is 2.61. The van der Waals surface area contributed by atoms with Crippen molar-refractivity contribution in [2.75, 3.05) is 33.9 Å². The second kappa shape index (κ2) is 9.08. The van der Waals surface area contributed by atoms with Crippen LogP contribution in [0, 0.1) is 5.41 Å². The number of amides is 2. The number of methoxy groups -OCH3 is 2. The predicted molar refractivity (Wildman–Crippen MR) is 104 cm³/mol. The van der Waals surface area contributed by atoms with Crippen molar-refractivity contribution in [3.05, 3.63) is 23.8 Å². The Morgan fingerprint density at radius 2 is 2.04 bits per heavy atom. The van der Waals surface area contributed by atoms with Gasteiger partial charge in [0.1, 0.15) is 11.5 Å². The van der Waals surface area contributed by atoms with Crippen LogP contribution in [0.5, 0.6) is 11.5 Å². The molecule has 2 rings (SSSR count). The van der Waals surface area contributed by atoms with Crippen molar-refractivity contribution in [2.45, 2.75) is 39.8 Å². The number of nitrogens with zero attached hydrogens (tertiary/aromatic N) is 1. The maximum atomic E-state index is 12.5. The molecule has 1 aliphatic rings. The molecular weight excluding hydrogens is 346 g/mol. The molecule has 1 aromatic carbocycles. The largest absolute Gasteiger partial charge is 0.497 e. The van der Waals surface area contributed by atoms with E-state index in [1.807, 2.05) is 12.1 Å². The normalized spacial score (nSPS) is 18.0. The summed E-state index contributed by atoms with van der Waals surface area (Å²) in [5.74, 6) is 1.11. The molecule has 1 atom stereocenters. The molecule has 7 heteroatoms. The van der Waals surface area contributed by atoms with Crippen LogP contribution in [0.2, 0.25) is 0 Å². The van der Waals surface area contributed by atoms with E-state index in [1.165, 1.54) is 0 Å². The van der Waals surface area contributed by atoms with Crippen LogP contribution in [0.25, 0.3) is 0 Å². The second-order valence-electron chi connectivity index (χ2n) is 8.00. The fraction of sp³-hybridized carbons (Fsp3) is 0.600. The Labute approximate surface area is 161 Å². The topological polar surface area (TPSA) is 79.9 Å². The van der Waals surface area contributed by atoms with E-state index >= 15 is 0 Å². The molecule has 0 unspecified atom stereocenters. The Balaban J connectivity index is 1.98. The molecule has 7 nitrogen and oxygen atoms in total. The highest BCUT2D eigenvalue weighted by Crippen LogP contribution is 2.24. The minimum atomic E-state index is -0.435. The van der Waals surface area contributed by atoms with Gasteiger partial charge in [-0.2, -0.15) is 0 Å². The highest BCUT2D eigenvalue weighted by molar-refractivity contribution is 5.88. The summed E-state index contributed by atoms with van der Waals surface area (Å²) in [7, 11) is 3.17. The lowest BCUT2D eigenvalue weighted by Crippen LogP contribution is -2.58. The van der Waals surface area contributed by atoms with Crippen LogP contribution in [0.3, 0.4) is 0 Å². The molecule has 2 N–H and O–H groups in total. The zero-order valence-electron chi connectivity index (χ0n) is 16.9. The van der Waals surface area contributed by atoms with Gasteiger partial charge in [0.05, 0.1) is 26.7 Å². The minimum Gasteiger partial charge on any atom is -0.497 e. The first-order valence-corrected chi connectivity index (χ1v) is 9.23. The standard InChI is InChI=1S/C20H31N3O4/c1-20(2,3)13-23-9-8-21-19(25)16(23)11-18(24)22-12-14-6-7-15(26-4)10-17(14)27-5/h6-7,10,16H,8-9,11-13H2,1-5H3,(H,21,25)(H,22,24)/t16-/m0/s1. The van der Waals surface area contributed by atoms with Crippen LogP contribution in [-0.2, 0) is 16.1 Å². The third kappa shape index (κ3) is 6.13. The number of hydrogen-bond donors (Lipinski definition) is 2. The van der Waals surface area contributed by atoms with Crippen molar-refractivity contribution in [2.24, 2.45) is 5.41 Å². The van der Waals surface area contributed by atoms with Crippen molar-refractivity contribution >= 4 is 11.8 Å². The van der Waals surface area contributed by atoms with Crippen LogP contribution in [0.15, 0.2) is 18.2 Å². The first-order chi connectivity index (χ1) is 12.7. The molecule has 1 saturated heterocycles. The summed E-state index contributed by atoms with van der Waals surface area (Å²) in [6.45, 7) is 8.87. The SMILES string of the molecule is COc1ccc(CNC(=O)C[C@H]2C(=O)NCCN2CC(C)(C)C)c(OC)c1. The summed E-state index contributed by atoms with van der Waals surface area (Å²) in [5.41, 5.74) is 0.911. The lowest BCUT2D eigenvalue weighted by atomic mass is 9.94. The van der Waals surface area contributed by atoms with Gasteiger partial charge in [0.15, 0.2) is 0 Å². The summed E-state index contributed by atoms with van der Waals surface area (Å²) < 4.78 is 10.5. The molecule has 1 heterocycles. The molecule has 0 spiro atoms. The molecule has 150 valence electrons. The molecule has 1 aliphatic heterocycles. The number of piperazine rings is 1. The van der Waals surface area contributed by atoms with Crippen LogP contribution in [-0.4, -0.2) is 56.6 Å². The van der Waals surface area contributed by atoms with Crippen molar-refractivity contribution in [1.82, 2.24) is 15.5 Å². The number of benzene rings is 1. The Kier molecular flexibility index (Phi) is 7.07. The van der Waals surface area contributed by atoms with E-state index in [4.69, 9.17) is 9.47 Å². The first-order valence-electron chi connectivity index (χ1n) is 9.23. The van der Waals surface area contributed by atoms with Crippen LogP contribution in [0.1, 0.15) is 32.8 Å². The van der Waals surface area contributed by atoms with Gasteiger partial charge in [-0.25, -0.2) is 0 Å². The summed E-state index contributed by atoms with van der Waals surface area (Å²) in [4.78, 5) is 26.9. The van der Waals surface area contributed by atoms with Gasteiger partial charge in [0.2, 0.25) is 11.8 Å². The van der Waals surface area contributed by atoms with E-state index in [9.17, 15) is 9.59 Å². The van der Waals surface area contributed by atoms with Crippen molar-refractivity contribution in [3.8, 4) is 11.5 Å². The number of rotatable bonds is 7. The Morgan fingerprint density at radius 3 is 2.67 bits per heavy atom. The van der Waals surface area contributed by atoms with Crippen LogP contribution in [0.4, 0.5) is 0 Å². The van der Waals surface area contributed by atoms with Crippen LogP contribution < -0.4 is 20.1 Å². The summed E-state index contributed by atoms with van der Waals surface area (Å²) in [5, 5.41) is 5.76. The van der Waals surface area contributed by atoms with Gasteiger partial charge in [-0.3, -0.25) is 14.5 Å². The van der Waals surface area contributed by atoms with Gasteiger partial charge in [0, 0.05) is 37.8 Å². The van der Waals surface area contributed by atoms with Gasteiger partial charge >= 0.3 is 0 Å². The predicted octanol–water partition coefficient (Wildman–Crippen LogP) is 1.56. The zero-order valence-corrected chi connectivity index (χ0v) is 16.9. The smallest absolute Gasteiger partial charge is 0.237 e. The van der Waals surface area contributed by atoms with Crippen molar-refractivity contribution < 1.29 is 19.1 Å². The van der Waals surface area contributed by atoms with Gasteiger partial charge in [-0.1, -0.05) is 20.8 Å². The fourth-order valence-electron chi connectivity index (χ4n) is 3.22.